The van der Waals surface area contributed by atoms with Crippen LogP contribution in [0, 0.1) is 41.4 Å². The number of allylic oxidation sites excluding steroid dienone is 1. The lowest BCUT2D eigenvalue weighted by atomic mass is 9.74. The first-order valence-electron chi connectivity index (χ1n) is 28.6. The van der Waals surface area contributed by atoms with Gasteiger partial charge in [0.25, 0.3) is 0 Å². The number of carbonyl (C=O) groups is 4. The summed E-state index contributed by atoms with van der Waals surface area (Å²) >= 11 is 11.9. The van der Waals surface area contributed by atoms with E-state index in [-0.39, 0.29) is 61.1 Å². The van der Waals surface area contributed by atoms with Gasteiger partial charge in [-0.25, -0.2) is 4.89 Å². The number of rotatable bonds is 25. The maximum absolute atomic E-state index is 14.9. The number of nitrogens with one attached hydrogen (secondary N) is 1. The second-order valence-corrected chi connectivity index (χ2v) is 23.7. The van der Waals surface area contributed by atoms with Gasteiger partial charge in [-0.05, 0) is 126 Å². The molecule has 0 saturated carbocycles. The monoisotopic (exact) mass is 1110 g/mol. The number of aliphatic hydroxyl groups is 2. The molecular weight excluding hydrogens is 1020 g/mol. The van der Waals surface area contributed by atoms with Gasteiger partial charge in [-0.15, -0.1) is 23.2 Å². The maximum atomic E-state index is 14.9. The van der Waals surface area contributed by atoms with E-state index in [1.807, 2.05) is 72.8 Å². The first-order chi connectivity index (χ1) is 36.1. The highest BCUT2D eigenvalue weighted by Crippen LogP contribution is 2.49. The smallest absolute Gasteiger partial charge is 0.305 e. The number of Topliss-reactive ketones (excluding diaryl/α,β-unsaturated/α-hetero) is 1. The molecule has 432 valence electrons. The van der Waals surface area contributed by atoms with Crippen LogP contribution in [0.1, 0.15) is 159 Å². The minimum atomic E-state index is -1.57. The third-order valence-electron chi connectivity index (χ3n) is 17.3. The van der Waals surface area contributed by atoms with Crippen molar-refractivity contribution in [2.24, 2.45) is 41.4 Å². The first-order valence-corrected chi connectivity index (χ1v) is 29.7. The summed E-state index contributed by atoms with van der Waals surface area (Å²) in [5.41, 5.74) is 0.358. The largest absolute Gasteiger partial charge is 0.464 e. The van der Waals surface area contributed by atoms with Crippen LogP contribution in [0.2, 0.25) is 0 Å². The molecule has 5 rings (SSSR count). The SMILES string of the molecule is CC[C@@H](C(=O)[C@@H](C)[C@@H](O)[C@H](C)[C@@H]1O[C@@H]([C@@H](CC)C(=O)NCCOC(=O)CCCc2ccc(N(CCCl)CCCl)cc2)CC[C@@H]1C)[C@H]1OO[C@@]2(CC[C@@](C)([C@H]3CC[C@](O)(CC)[C@H](C)O3)O2)[C@H](OC(C)=O)/C=C\[C@H](C)C[C@@H]1C. The number of carbonyl (C=O) groups excluding carboxylic acids is 4. The lowest BCUT2D eigenvalue weighted by Crippen LogP contribution is -2.56. The van der Waals surface area contributed by atoms with Crippen molar-refractivity contribution in [3.8, 4) is 0 Å². The highest BCUT2D eigenvalue weighted by atomic mass is 35.5. The molecule has 0 radical (unpaired) electrons. The van der Waals surface area contributed by atoms with Gasteiger partial charge in [0.2, 0.25) is 11.7 Å². The number of esters is 2. The van der Waals surface area contributed by atoms with E-state index in [0.717, 1.165) is 24.1 Å². The molecule has 3 N–H and O–H groups in total. The fraction of sp³-hybridized carbons (Fsp3) is 0.797. The summed E-state index contributed by atoms with van der Waals surface area (Å²) in [6.07, 6.45) is 6.49. The number of alkyl halides is 2. The molecule has 0 bridgehead atoms. The molecule has 3 saturated heterocycles. The van der Waals surface area contributed by atoms with Crippen LogP contribution in [-0.2, 0) is 59.1 Å². The van der Waals surface area contributed by atoms with Gasteiger partial charge < -0.3 is 44.1 Å². The molecule has 4 heterocycles. The van der Waals surface area contributed by atoms with E-state index in [4.69, 9.17) is 56.7 Å². The Balaban J connectivity index is 1.18. The van der Waals surface area contributed by atoms with Crippen LogP contribution in [0.15, 0.2) is 36.4 Å². The zero-order valence-electron chi connectivity index (χ0n) is 47.6. The van der Waals surface area contributed by atoms with Crippen molar-refractivity contribution in [2.45, 2.75) is 219 Å². The van der Waals surface area contributed by atoms with Gasteiger partial charge in [-0.2, -0.15) is 4.89 Å². The number of aliphatic hydroxyl groups excluding tert-OH is 1. The lowest BCUT2D eigenvalue weighted by Gasteiger charge is -2.47. The second-order valence-electron chi connectivity index (χ2n) is 22.9. The highest BCUT2D eigenvalue weighted by Gasteiger charge is 2.60. The van der Waals surface area contributed by atoms with E-state index in [1.165, 1.54) is 6.92 Å². The molecule has 17 heteroatoms. The lowest BCUT2D eigenvalue weighted by molar-refractivity contribution is -0.468. The van der Waals surface area contributed by atoms with Crippen molar-refractivity contribution in [1.29, 1.82) is 0 Å². The Labute approximate surface area is 464 Å². The summed E-state index contributed by atoms with van der Waals surface area (Å²) in [7, 11) is 0. The summed E-state index contributed by atoms with van der Waals surface area (Å²) < 4.78 is 31.6. The highest BCUT2D eigenvalue weighted by molar-refractivity contribution is 6.18. The Morgan fingerprint density at radius 1 is 0.882 bits per heavy atom. The van der Waals surface area contributed by atoms with E-state index in [0.29, 0.717) is 89.1 Å². The molecule has 1 amide bonds. The Hall–Kier alpha value is -2.86. The minimum absolute atomic E-state index is 0.00814. The van der Waals surface area contributed by atoms with Crippen LogP contribution in [0.4, 0.5) is 5.69 Å². The van der Waals surface area contributed by atoms with E-state index >= 15 is 0 Å². The fourth-order valence-corrected chi connectivity index (χ4v) is 12.8. The van der Waals surface area contributed by atoms with E-state index in [1.54, 1.807) is 6.92 Å². The minimum Gasteiger partial charge on any atom is -0.464 e. The van der Waals surface area contributed by atoms with Crippen LogP contribution < -0.4 is 10.2 Å². The summed E-state index contributed by atoms with van der Waals surface area (Å²) in [4.78, 5) is 69.0. The number of halogens is 2. The van der Waals surface area contributed by atoms with Crippen molar-refractivity contribution in [3.05, 3.63) is 42.0 Å². The summed E-state index contributed by atoms with van der Waals surface area (Å²) in [6.45, 7) is 22.6. The van der Waals surface area contributed by atoms with Crippen molar-refractivity contribution >= 4 is 52.5 Å². The topological polar surface area (TPSA) is 189 Å². The predicted octanol–water partition coefficient (Wildman–Crippen LogP) is 9.85. The van der Waals surface area contributed by atoms with Crippen LogP contribution >= 0.6 is 23.2 Å². The standard InChI is InChI=1S/C59H94Cl2N2O13/c1-12-46(56(68)62-32-35-70-51(65)17-15-16-44-20-22-45(23-21-44)63(33-30-60)34-31-61)48-24-19-38(5)54(73-48)41(8)52(66)40(7)53(67)47(13-2)55-39(6)36-37(4)18-25-50(72-43(10)64)59(76-74-55)29-28-57(11,75-59)49-26-27-58(69,14-3)42(9)71-49/h18,20-23,25,37-42,46-50,52,54-55,66,69H,12-17,19,24,26-36H2,1-11H3,(H,62,68)/b25-18-/t37-,38-,39-,40-,41-,42-,46+,47-,48+,49+,50+,52+,54+,55-,57-,58+,59-/m0/s1. The Morgan fingerprint density at radius 2 is 1.57 bits per heavy atom. The van der Waals surface area contributed by atoms with Gasteiger partial charge in [-0.3, -0.25) is 19.2 Å². The van der Waals surface area contributed by atoms with Crippen molar-refractivity contribution in [1.82, 2.24) is 5.32 Å². The maximum Gasteiger partial charge on any atom is 0.305 e. The van der Waals surface area contributed by atoms with Crippen LogP contribution in [0.25, 0.3) is 0 Å². The van der Waals surface area contributed by atoms with Crippen LogP contribution in [0.5, 0.6) is 0 Å². The van der Waals surface area contributed by atoms with Crippen LogP contribution in [0.3, 0.4) is 0 Å². The van der Waals surface area contributed by atoms with Gasteiger partial charge in [0.1, 0.15) is 18.5 Å². The predicted molar refractivity (Wildman–Crippen MR) is 295 cm³/mol. The molecule has 0 aromatic heterocycles. The van der Waals surface area contributed by atoms with Gasteiger partial charge in [0.05, 0.1) is 54.2 Å². The van der Waals surface area contributed by atoms with Crippen molar-refractivity contribution < 1.29 is 62.9 Å². The molecule has 17 atom stereocenters. The second kappa shape index (κ2) is 29.6. The first kappa shape index (κ1) is 64.0. The Bertz CT molecular complexity index is 2030. The molecule has 76 heavy (non-hydrogen) atoms. The normalized spacial score (nSPS) is 33.5. The molecule has 1 aromatic carbocycles. The fourth-order valence-electron chi connectivity index (χ4n) is 12.4. The number of anilines is 1. The number of aryl methyl sites for hydroxylation is 1. The number of ketones is 1. The summed E-state index contributed by atoms with van der Waals surface area (Å²) in [5, 5.41) is 26.3. The van der Waals surface area contributed by atoms with Gasteiger partial charge in [0, 0.05) is 68.1 Å². The number of hydrogen-bond donors (Lipinski definition) is 3. The molecular formula is C59H94Cl2N2O13. The average Bonchev–Trinajstić information content (AvgIpc) is 3.75. The van der Waals surface area contributed by atoms with Crippen molar-refractivity contribution in [2.75, 3.05) is 42.9 Å². The molecule has 3 fully saturated rings. The molecule has 1 aromatic rings. The number of amides is 1. The average molecular weight is 1110 g/mol. The number of nitrogens with zero attached hydrogens (tertiary/aromatic N) is 1. The number of benzene rings is 1. The van der Waals surface area contributed by atoms with Gasteiger partial charge >= 0.3 is 11.9 Å². The quantitative estimate of drug-likeness (QED) is 0.0276. The van der Waals surface area contributed by atoms with Crippen LogP contribution in [-0.4, -0.2) is 132 Å². The Morgan fingerprint density at radius 3 is 2.18 bits per heavy atom. The van der Waals surface area contributed by atoms with Gasteiger partial charge in [-0.1, -0.05) is 73.6 Å². The number of hydrogen-bond acceptors (Lipinski definition) is 14. The third kappa shape index (κ3) is 16.4. The molecule has 0 unspecified atom stereocenters. The zero-order chi connectivity index (χ0) is 56.0. The molecule has 15 nitrogen and oxygen atoms in total. The van der Waals surface area contributed by atoms with E-state index < -0.39 is 83.3 Å². The molecule has 0 aliphatic carbocycles. The molecule has 1 spiro atoms. The van der Waals surface area contributed by atoms with E-state index in [9.17, 15) is 29.4 Å². The van der Waals surface area contributed by atoms with Gasteiger partial charge in [0.15, 0.2) is 6.10 Å². The molecule has 4 aliphatic rings. The third-order valence-corrected chi connectivity index (χ3v) is 17.7. The van der Waals surface area contributed by atoms with E-state index in [2.05, 4.69) is 36.2 Å². The number of ether oxygens (including phenoxy) is 5. The summed E-state index contributed by atoms with van der Waals surface area (Å²) in [6, 6.07) is 8.20. The zero-order valence-corrected chi connectivity index (χ0v) is 49.1. The Kier molecular flexibility index (Phi) is 24.9. The molecule has 4 aliphatic heterocycles. The van der Waals surface area contributed by atoms with Crippen molar-refractivity contribution in [3.63, 3.8) is 0 Å². The summed E-state index contributed by atoms with van der Waals surface area (Å²) in [5.74, 6) is -4.24.